The van der Waals surface area contributed by atoms with Gasteiger partial charge < -0.3 is 10.1 Å². The Kier molecular flexibility index (Phi) is 3.89. The molecule has 1 aliphatic rings. The maximum absolute atomic E-state index is 12.6. The molecule has 108 valence electrons. The van der Waals surface area contributed by atoms with Gasteiger partial charge >= 0.3 is 0 Å². The van der Waals surface area contributed by atoms with Gasteiger partial charge in [-0.25, -0.2) is 0 Å². The van der Waals surface area contributed by atoms with Gasteiger partial charge in [0, 0.05) is 16.6 Å². The largest absolute Gasteiger partial charge is 0.354 e. The lowest BCUT2D eigenvalue weighted by Crippen LogP contribution is -2.53. The molecule has 0 bridgehead atoms. The van der Waals surface area contributed by atoms with E-state index in [1.807, 2.05) is 24.3 Å². The molecule has 5 heteroatoms. The van der Waals surface area contributed by atoms with Crippen molar-refractivity contribution in [3.63, 3.8) is 0 Å². The zero-order chi connectivity index (χ0) is 14.9. The van der Waals surface area contributed by atoms with Crippen LogP contribution in [0, 0.1) is 0 Å². The summed E-state index contributed by atoms with van der Waals surface area (Å²) in [6.45, 7) is 0.943. The molecule has 3 nitrogen and oxygen atoms in total. The van der Waals surface area contributed by atoms with Gasteiger partial charge in [-0.2, -0.15) is 0 Å². The average molecular weight is 322 g/mol. The van der Waals surface area contributed by atoms with Gasteiger partial charge in [0.15, 0.2) is 5.60 Å². The maximum Gasteiger partial charge on any atom is 0.261 e. The van der Waals surface area contributed by atoms with E-state index < -0.39 is 5.60 Å². The SMILES string of the molecule is O=C1NCCOC1(c1ccc(Cl)cc1)c1ccc(Cl)cc1. The summed E-state index contributed by atoms with van der Waals surface area (Å²) in [7, 11) is 0. The van der Waals surface area contributed by atoms with Crippen molar-refractivity contribution in [2.75, 3.05) is 13.2 Å². The second-order valence-electron chi connectivity index (χ2n) is 4.80. The number of carbonyl (C=O) groups excluding carboxylic acids is 1. The summed E-state index contributed by atoms with van der Waals surface area (Å²) in [5.41, 5.74) is 0.325. The van der Waals surface area contributed by atoms with Gasteiger partial charge in [0.2, 0.25) is 0 Å². The van der Waals surface area contributed by atoms with Crippen molar-refractivity contribution in [2.24, 2.45) is 0 Å². The smallest absolute Gasteiger partial charge is 0.261 e. The van der Waals surface area contributed by atoms with E-state index in [0.717, 1.165) is 11.1 Å². The number of hydrogen-bond acceptors (Lipinski definition) is 2. The monoisotopic (exact) mass is 321 g/mol. The van der Waals surface area contributed by atoms with Crippen LogP contribution < -0.4 is 5.32 Å². The fourth-order valence-electron chi connectivity index (χ4n) is 2.52. The van der Waals surface area contributed by atoms with Crippen LogP contribution in [0.3, 0.4) is 0 Å². The second kappa shape index (κ2) is 5.68. The molecule has 0 unspecified atom stereocenters. The molecule has 1 N–H and O–H groups in total. The molecule has 0 spiro atoms. The highest BCUT2D eigenvalue weighted by Crippen LogP contribution is 2.36. The van der Waals surface area contributed by atoms with Crippen molar-refractivity contribution in [1.82, 2.24) is 5.32 Å². The fourth-order valence-corrected chi connectivity index (χ4v) is 2.78. The number of nitrogens with one attached hydrogen (secondary N) is 1. The Bertz CT molecular complexity index is 607. The molecule has 2 aromatic carbocycles. The van der Waals surface area contributed by atoms with Crippen LogP contribution in [0.25, 0.3) is 0 Å². The maximum atomic E-state index is 12.6. The van der Waals surface area contributed by atoms with E-state index in [1.165, 1.54) is 0 Å². The highest BCUT2D eigenvalue weighted by molar-refractivity contribution is 6.30. The van der Waals surface area contributed by atoms with Crippen LogP contribution in [0.1, 0.15) is 11.1 Å². The number of hydrogen-bond donors (Lipinski definition) is 1. The van der Waals surface area contributed by atoms with Crippen LogP contribution in [0.4, 0.5) is 0 Å². The Morgan fingerprint density at radius 3 is 1.81 bits per heavy atom. The zero-order valence-electron chi connectivity index (χ0n) is 11.1. The summed E-state index contributed by atoms with van der Waals surface area (Å²) in [5, 5.41) is 4.09. The number of rotatable bonds is 2. The first-order valence-electron chi connectivity index (χ1n) is 6.57. The van der Waals surface area contributed by atoms with Crippen molar-refractivity contribution in [2.45, 2.75) is 5.60 Å². The molecular formula is C16H13Cl2NO2. The van der Waals surface area contributed by atoms with E-state index >= 15 is 0 Å². The molecule has 0 saturated carbocycles. The highest BCUT2D eigenvalue weighted by Gasteiger charge is 2.45. The summed E-state index contributed by atoms with van der Waals surface area (Å²) >= 11 is 11.9. The topological polar surface area (TPSA) is 38.3 Å². The van der Waals surface area contributed by atoms with Crippen LogP contribution in [-0.4, -0.2) is 19.1 Å². The molecular weight excluding hydrogens is 309 g/mol. The van der Waals surface area contributed by atoms with Crippen molar-refractivity contribution in [1.29, 1.82) is 0 Å². The number of ether oxygens (including phenoxy) is 1. The van der Waals surface area contributed by atoms with Crippen LogP contribution >= 0.6 is 23.2 Å². The summed E-state index contributed by atoms with van der Waals surface area (Å²) in [4.78, 5) is 12.6. The Morgan fingerprint density at radius 2 is 1.38 bits per heavy atom. The first-order chi connectivity index (χ1) is 10.1. The van der Waals surface area contributed by atoms with E-state index in [1.54, 1.807) is 24.3 Å². The number of benzene rings is 2. The molecule has 1 saturated heterocycles. The molecule has 21 heavy (non-hydrogen) atoms. The van der Waals surface area contributed by atoms with Gasteiger partial charge in [-0.15, -0.1) is 0 Å². The molecule has 1 amide bonds. The third kappa shape index (κ3) is 2.53. The molecule has 0 aliphatic carbocycles. The van der Waals surface area contributed by atoms with Gasteiger partial charge in [-0.1, -0.05) is 47.5 Å². The van der Waals surface area contributed by atoms with Crippen LogP contribution in [0.15, 0.2) is 48.5 Å². The van der Waals surface area contributed by atoms with Crippen LogP contribution in [0.5, 0.6) is 0 Å². The van der Waals surface area contributed by atoms with Crippen molar-refractivity contribution in [3.8, 4) is 0 Å². The van der Waals surface area contributed by atoms with E-state index in [9.17, 15) is 4.79 Å². The van der Waals surface area contributed by atoms with Gasteiger partial charge in [0.05, 0.1) is 6.61 Å². The van der Waals surface area contributed by atoms with E-state index in [0.29, 0.717) is 23.2 Å². The summed E-state index contributed by atoms with van der Waals surface area (Å²) in [6.07, 6.45) is 0. The third-order valence-electron chi connectivity index (χ3n) is 3.53. The normalized spacial score (nSPS) is 17.3. The number of amides is 1. The van der Waals surface area contributed by atoms with Crippen molar-refractivity contribution < 1.29 is 9.53 Å². The molecule has 1 aliphatic heterocycles. The predicted octanol–water partition coefficient (Wildman–Crippen LogP) is 3.38. The third-order valence-corrected chi connectivity index (χ3v) is 4.03. The first-order valence-corrected chi connectivity index (χ1v) is 7.33. The van der Waals surface area contributed by atoms with Gasteiger partial charge in [-0.3, -0.25) is 4.79 Å². The summed E-state index contributed by atoms with van der Waals surface area (Å²) in [5.74, 6) is -0.182. The standard InChI is InChI=1S/C16H13Cl2NO2/c17-13-5-1-11(2-6-13)16(15(20)19-9-10-21-16)12-3-7-14(18)8-4-12/h1-8H,9-10H2,(H,19,20). The first kappa shape index (κ1) is 14.4. The average Bonchev–Trinajstić information content (AvgIpc) is 2.50. The fraction of sp³-hybridized carbons (Fsp3) is 0.188. The van der Waals surface area contributed by atoms with Crippen molar-refractivity contribution in [3.05, 3.63) is 69.7 Å². The second-order valence-corrected chi connectivity index (χ2v) is 5.67. The summed E-state index contributed by atoms with van der Waals surface area (Å²) in [6, 6.07) is 14.2. The lowest BCUT2D eigenvalue weighted by atomic mass is 9.84. The van der Waals surface area contributed by atoms with Crippen LogP contribution in [-0.2, 0) is 15.1 Å². The molecule has 3 rings (SSSR count). The molecule has 0 aromatic heterocycles. The van der Waals surface area contributed by atoms with Gasteiger partial charge in [0.25, 0.3) is 5.91 Å². The summed E-state index contributed by atoms with van der Waals surface area (Å²) < 4.78 is 5.93. The molecule has 2 aromatic rings. The lowest BCUT2D eigenvalue weighted by Gasteiger charge is -2.37. The Hall–Kier alpha value is -1.55. The van der Waals surface area contributed by atoms with Crippen LogP contribution in [0.2, 0.25) is 10.0 Å². The van der Waals surface area contributed by atoms with Gasteiger partial charge in [0.1, 0.15) is 0 Å². The molecule has 1 fully saturated rings. The van der Waals surface area contributed by atoms with E-state index in [2.05, 4.69) is 5.32 Å². The minimum atomic E-state index is -1.16. The highest BCUT2D eigenvalue weighted by atomic mass is 35.5. The number of carbonyl (C=O) groups is 1. The number of halogens is 2. The molecule has 0 radical (unpaired) electrons. The Labute approximate surface area is 132 Å². The Morgan fingerprint density at radius 1 is 0.905 bits per heavy atom. The Balaban J connectivity index is 2.17. The minimum Gasteiger partial charge on any atom is -0.354 e. The lowest BCUT2D eigenvalue weighted by molar-refractivity contribution is -0.149. The van der Waals surface area contributed by atoms with E-state index in [-0.39, 0.29) is 5.91 Å². The quantitative estimate of drug-likeness (QED) is 0.920. The van der Waals surface area contributed by atoms with Gasteiger partial charge in [-0.05, 0) is 35.4 Å². The minimum absolute atomic E-state index is 0.182. The predicted molar refractivity (Wildman–Crippen MR) is 82.6 cm³/mol. The zero-order valence-corrected chi connectivity index (χ0v) is 12.6. The molecule has 0 atom stereocenters. The molecule has 1 heterocycles. The number of morpholine rings is 1. The van der Waals surface area contributed by atoms with E-state index in [4.69, 9.17) is 27.9 Å². The van der Waals surface area contributed by atoms with Crippen molar-refractivity contribution >= 4 is 29.1 Å².